The van der Waals surface area contributed by atoms with Crippen molar-refractivity contribution in [2.75, 3.05) is 32.1 Å². The summed E-state index contributed by atoms with van der Waals surface area (Å²) in [6.07, 6.45) is 0.155. The monoisotopic (exact) mass is 776 g/mol. The molecule has 0 atom stereocenters. The van der Waals surface area contributed by atoms with Gasteiger partial charge in [0, 0.05) is 24.2 Å². The first-order valence-electron chi connectivity index (χ1n) is 14.5. The van der Waals surface area contributed by atoms with Crippen LogP contribution in [0.3, 0.4) is 0 Å². The molecule has 0 spiro atoms. The number of imidazole rings is 1. The molecule has 0 saturated heterocycles. The van der Waals surface area contributed by atoms with Gasteiger partial charge >= 0.3 is 12.1 Å². The summed E-state index contributed by atoms with van der Waals surface area (Å²) in [5, 5.41) is 30.5. The highest BCUT2D eigenvalue weighted by Gasteiger charge is 2.26. The summed E-state index contributed by atoms with van der Waals surface area (Å²) in [7, 11) is -2.85. The number of hydrogen-bond acceptors (Lipinski definition) is 15. The number of benzene rings is 2. The fourth-order valence-corrected chi connectivity index (χ4v) is 6.74. The number of carbonyl (C=O) groups excluding carboxylic acids is 2. The third-order valence-corrected chi connectivity index (χ3v) is 9.93. The van der Waals surface area contributed by atoms with Crippen LogP contribution in [-0.2, 0) is 37.5 Å². The highest BCUT2D eigenvalue weighted by atomic mass is 35.5. The average molecular weight is 777 g/mol. The van der Waals surface area contributed by atoms with Crippen LogP contribution in [0.1, 0.15) is 5.56 Å². The van der Waals surface area contributed by atoms with Gasteiger partial charge in [-0.25, -0.2) is 22.9 Å². The van der Waals surface area contributed by atoms with Crippen LogP contribution in [0, 0.1) is 10.1 Å². The van der Waals surface area contributed by atoms with Crippen LogP contribution in [0.5, 0.6) is 5.75 Å². The normalized spacial score (nSPS) is 11.3. The zero-order valence-corrected chi connectivity index (χ0v) is 28.9. The van der Waals surface area contributed by atoms with Gasteiger partial charge in [-0.3, -0.25) is 34.8 Å². The molecule has 0 saturated carbocycles. The van der Waals surface area contributed by atoms with Crippen molar-refractivity contribution >= 4 is 73.7 Å². The number of hydrogen-bond donors (Lipinski definition) is 4. The number of rotatable bonds is 15. The molecule has 0 bridgehead atoms. The molecule has 3 aromatic heterocycles. The predicted octanol–water partition coefficient (Wildman–Crippen LogP) is 1.85. The van der Waals surface area contributed by atoms with E-state index in [1.165, 1.54) is 19.2 Å². The van der Waals surface area contributed by atoms with Gasteiger partial charge in [0.15, 0.2) is 16.2 Å². The van der Waals surface area contributed by atoms with E-state index in [0.717, 1.165) is 21.9 Å². The Kier molecular flexibility index (Phi) is 11.4. The molecule has 21 nitrogen and oxygen atoms in total. The molecule has 5 aromatic rings. The average Bonchev–Trinajstić information content (AvgIpc) is 3.76. The minimum atomic E-state index is -4.36. The minimum Gasteiger partial charge on any atom is -0.497 e. The van der Waals surface area contributed by atoms with E-state index in [1.54, 1.807) is 24.3 Å². The van der Waals surface area contributed by atoms with Crippen LogP contribution in [0.25, 0.3) is 21.7 Å². The number of halogens is 1. The zero-order valence-electron chi connectivity index (χ0n) is 26.5. The van der Waals surface area contributed by atoms with Gasteiger partial charge in [0.25, 0.3) is 21.3 Å². The number of amides is 2. The lowest BCUT2D eigenvalue weighted by Gasteiger charge is -2.21. The van der Waals surface area contributed by atoms with E-state index in [-0.39, 0.29) is 39.3 Å². The number of fused-ring (bicyclic) bond motifs is 1. The SMILES string of the molecule is COc1ccc(COC(=O)Nc2nc3c(ncn3CC(=O)N(CCNS(=O)(=O)c3nnc(-c4ccc(Cl)cc4[N+](=O)[O-])s3)CC(=O)O)c(=O)[nH]2)cc1. The molecule has 0 aliphatic carbocycles. The van der Waals surface area contributed by atoms with Crippen molar-refractivity contribution in [1.29, 1.82) is 0 Å². The molecule has 0 aliphatic rings. The molecule has 0 unspecified atom stereocenters. The number of methoxy groups -OCH3 is 1. The molecule has 3 heterocycles. The summed E-state index contributed by atoms with van der Waals surface area (Å²) >= 11 is 6.38. The summed E-state index contributed by atoms with van der Waals surface area (Å²) in [6, 6.07) is 10.5. The van der Waals surface area contributed by atoms with E-state index in [2.05, 4.69) is 35.2 Å². The molecule has 2 aromatic carbocycles. The number of nitro benzene ring substituents is 1. The predicted molar refractivity (Wildman–Crippen MR) is 181 cm³/mol. The van der Waals surface area contributed by atoms with Gasteiger partial charge in [-0.15, -0.1) is 10.2 Å². The maximum absolute atomic E-state index is 13.2. The standard InChI is InChI=1S/C28H25ClN10O11S2/c1-49-17-5-2-15(3-6-17)13-50-27(44)34-26-32-23-22(24(43)33-26)30-14-38(23)11-20(40)37(12-21(41)42)9-8-31-52(47,48)28-36-35-25(51-28)18-7-4-16(29)10-19(18)39(45)46/h2-7,10,14,31H,8-9,11-13H2,1H3,(H,41,42)(H2,32,33,34,43,44). The first kappa shape index (κ1) is 37.2. The Hall–Kier alpha value is -6.04. The first-order chi connectivity index (χ1) is 24.7. The number of aromatic amines is 1. The number of nitro groups is 1. The Morgan fingerprint density at radius 2 is 1.92 bits per heavy atom. The van der Waals surface area contributed by atoms with Crippen LogP contribution in [0.15, 0.2) is 57.9 Å². The fraction of sp³-hybridized carbons (Fsp3) is 0.214. The van der Waals surface area contributed by atoms with Crippen molar-refractivity contribution in [3.05, 3.63) is 79.8 Å². The zero-order chi connectivity index (χ0) is 37.6. The smallest absolute Gasteiger partial charge is 0.414 e. The highest BCUT2D eigenvalue weighted by molar-refractivity contribution is 7.91. The lowest BCUT2D eigenvalue weighted by atomic mass is 10.2. The van der Waals surface area contributed by atoms with E-state index in [1.807, 2.05) is 0 Å². The molecule has 0 aliphatic heterocycles. The van der Waals surface area contributed by atoms with Crippen molar-refractivity contribution in [2.45, 2.75) is 17.5 Å². The number of carboxylic acids is 1. The molecule has 4 N–H and O–H groups in total. The Morgan fingerprint density at radius 3 is 2.62 bits per heavy atom. The maximum atomic E-state index is 13.2. The summed E-state index contributed by atoms with van der Waals surface area (Å²) in [5.74, 6) is -1.93. The van der Waals surface area contributed by atoms with Crippen molar-refractivity contribution in [3.8, 4) is 16.3 Å². The summed E-state index contributed by atoms with van der Waals surface area (Å²) in [4.78, 5) is 71.8. The number of nitrogens with one attached hydrogen (secondary N) is 3. The molecule has 24 heteroatoms. The second kappa shape index (κ2) is 15.9. The van der Waals surface area contributed by atoms with Crippen LogP contribution in [-0.4, -0.2) is 97.8 Å². The summed E-state index contributed by atoms with van der Waals surface area (Å²) in [5.41, 5.74) is -0.856. The Bertz CT molecular complexity index is 2330. The quantitative estimate of drug-likeness (QED) is 0.0872. The summed E-state index contributed by atoms with van der Waals surface area (Å²) < 4.78 is 38.9. The molecule has 0 fully saturated rings. The number of H-pyrrole nitrogens is 1. The number of carbonyl (C=O) groups is 3. The fourth-order valence-electron chi connectivity index (χ4n) is 4.47. The van der Waals surface area contributed by atoms with Crippen LogP contribution >= 0.6 is 22.9 Å². The van der Waals surface area contributed by atoms with Gasteiger partial charge in [-0.05, 0) is 29.8 Å². The second-order valence-electron chi connectivity index (χ2n) is 10.4. The topological polar surface area (TPSA) is 284 Å². The van der Waals surface area contributed by atoms with Gasteiger partial charge in [0.2, 0.25) is 16.2 Å². The first-order valence-corrected chi connectivity index (χ1v) is 17.2. The van der Waals surface area contributed by atoms with Gasteiger partial charge in [0.1, 0.15) is 25.4 Å². The Balaban J connectivity index is 1.23. The number of carboxylic acid groups (broad SMARTS) is 1. The summed E-state index contributed by atoms with van der Waals surface area (Å²) in [6.45, 7) is -2.40. The highest BCUT2D eigenvalue weighted by Crippen LogP contribution is 2.34. The largest absolute Gasteiger partial charge is 0.497 e. The Labute approximate surface area is 300 Å². The van der Waals surface area contributed by atoms with Crippen LogP contribution < -0.4 is 20.3 Å². The van der Waals surface area contributed by atoms with E-state index in [4.69, 9.17) is 21.1 Å². The van der Waals surface area contributed by atoms with E-state index in [9.17, 15) is 42.8 Å². The van der Waals surface area contributed by atoms with Gasteiger partial charge in [-0.1, -0.05) is 35.1 Å². The number of aromatic nitrogens is 6. The van der Waals surface area contributed by atoms with E-state index >= 15 is 0 Å². The molecular formula is C28H25ClN10O11S2. The second-order valence-corrected chi connectivity index (χ2v) is 13.8. The van der Waals surface area contributed by atoms with Crippen molar-refractivity contribution < 1.29 is 42.3 Å². The molecule has 52 heavy (non-hydrogen) atoms. The lowest BCUT2D eigenvalue weighted by Crippen LogP contribution is -2.42. The number of aliphatic carboxylic acids is 1. The Morgan fingerprint density at radius 1 is 1.17 bits per heavy atom. The number of ether oxygens (including phenoxy) is 2. The lowest BCUT2D eigenvalue weighted by molar-refractivity contribution is -0.384. The van der Waals surface area contributed by atoms with Crippen molar-refractivity contribution in [1.82, 2.24) is 39.3 Å². The number of nitrogens with zero attached hydrogens (tertiary/aromatic N) is 7. The van der Waals surface area contributed by atoms with E-state index < -0.39 is 74.7 Å². The third kappa shape index (κ3) is 9.00. The molecule has 2 amide bonds. The molecular weight excluding hydrogens is 752 g/mol. The minimum absolute atomic E-state index is 0.0114. The van der Waals surface area contributed by atoms with Crippen LogP contribution in [0.4, 0.5) is 16.4 Å². The van der Waals surface area contributed by atoms with Crippen LogP contribution in [0.2, 0.25) is 5.02 Å². The third-order valence-electron chi connectivity index (χ3n) is 6.91. The van der Waals surface area contributed by atoms with Crippen molar-refractivity contribution in [3.63, 3.8) is 0 Å². The number of sulfonamides is 1. The van der Waals surface area contributed by atoms with Gasteiger partial charge in [0.05, 0.1) is 23.9 Å². The van der Waals surface area contributed by atoms with Gasteiger partial charge < -0.3 is 24.0 Å². The number of anilines is 1. The molecule has 5 rings (SSSR count). The maximum Gasteiger partial charge on any atom is 0.414 e. The van der Waals surface area contributed by atoms with E-state index in [0.29, 0.717) is 22.6 Å². The molecule has 0 radical (unpaired) electrons. The van der Waals surface area contributed by atoms with Crippen molar-refractivity contribution in [2.24, 2.45) is 0 Å². The molecule has 272 valence electrons. The van der Waals surface area contributed by atoms with Gasteiger partial charge in [-0.2, -0.15) is 4.98 Å².